The quantitative estimate of drug-likeness (QED) is 0.331. The first-order valence-electron chi connectivity index (χ1n) is 10.5. The molecule has 2 rings (SSSR count). The second kappa shape index (κ2) is 11.7. The Morgan fingerprint density at radius 2 is 1.77 bits per heavy atom. The van der Waals surface area contributed by atoms with E-state index in [1.54, 1.807) is 7.11 Å². The van der Waals surface area contributed by atoms with Crippen LogP contribution in [0.3, 0.4) is 0 Å². The molecule has 1 unspecified atom stereocenters. The summed E-state index contributed by atoms with van der Waals surface area (Å²) in [6.45, 7) is 5.56. The number of hydrogen-bond donors (Lipinski definition) is 5. The zero-order chi connectivity index (χ0) is 22.9. The number of amides is 1. The van der Waals surface area contributed by atoms with Crippen molar-refractivity contribution in [2.24, 2.45) is 0 Å². The van der Waals surface area contributed by atoms with Crippen molar-refractivity contribution in [3.05, 3.63) is 59.2 Å². The molecule has 0 aliphatic carbocycles. The van der Waals surface area contributed by atoms with Crippen molar-refractivity contribution in [2.75, 3.05) is 26.8 Å². The first-order valence-corrected chi connectivity index (χ1v) is 10.5. The Kier molecular flexibility index (Phi) is 9.30. The number of phenolic OH excluding ortho intramolecular Hbond substituents is 2. The van der Waals surface area contributed by atoms with Gasteiger partial charge in [-0.05, 0) is 55.5 Å². The van der Waals surface area contributed by atoms with Crippen LogP contribution in [0.15, 0.2) is 42.5 Å². The highest BCUT2D eigenvalue weighted by molar-refractivity contribution is 5.78. The van der Waals surface area contributed by atoms with E-state index in [1.807, 2.05) is 38.1 Å². The number of methoxy groups -OCH3 is 1. The SMILES string of the molecule is COCCCNC(=O)Cc1cccc(CC(C)(C)NCC(O)c2cc(O)cc(O)c2)c1. The van der Waals surface area contributed by atoms with Crippen LogP contribution < -0.4 is 10.6 Å². The maximum absolute atomic E-state index is 12.1. The number of aliphatic hydroxyl groups excluding tert-OH is 1. The Labute approximate surface area is 184 Å². The smallest absolute Gasteiger partial charge is 0.224 e. The number of carbonyl (C=O) groups excluding carboxylic acids is 1. The molecule has 2 aromatic rings. The predicted octanol–water partition coefficient (Wildman–Crippen LogP) is 2.44. The molecule has 0 fully saturated rings. The lowest BCUT2D eigenvalue weighted by atomic mass is 9.93. The summed E-state index contributed by atoms with van der Waals surface area (Å²) < 4.78 is 4.98. The lowest BCUT2D eigenvalue weighted by Gasteiger charge is -2.28. The van der Waals surface area contributed by atoms with Crippen molar-refractivity contribution in [2.45, 2.75) is 44.8 Å². The Morgan fingerprint density at radius 3 is 2.45 bits per heavy atom. The second-order valence-corrected chi connectivity index (χ2v) is 8.43. The maximum atomic E-state index is 12.1. The van der Waals surface area contributed by atoms with Gasteiger partial charge in [-0.25, -0.2) is 0 Å². The van der Waals surface area contributed by atoms with E-state index in [-0.39, 0.29) is 29.5 Å². The fourth-order valence-electron chi connectivity index (χ4n) is 3.42. The van der Waals surface area contributed by atoms with Gasteiger partial charge in [0, 0.05) is 38.4 Å². The van der Waals surface area contributed by atoms with Crippen LogP contribution in [0.4, 0.5) is 0 Å². The number of aliphatic hydroxyl groups is 1. The summed E-state index contributed by atoms with van der Waals surface area (Å²) in [4.78, 5) is 12.1. The molecule has 31 heavy (non-hydrogen) atoms. The van der Waals surface area contributed by atoms with E-state index in [4.69, 9.17) is 4.74 Å². The highest BCUT2D eigenvalue weighted by Gasteiger charge is 2.20. The predicted molar refractivity (Wildman–Crippen MR) is 120 cm³/mol. The monoisotopic (exact) mass is 430 g/mol. The van der Waals surface area contributed by atoms with Crippen LogP contribution in [-0.4, -0.2) is 53.6 Å². The molecule has 1 amide bonds. The summed E-state index contributed by atoms with van der Waals surface area (Å²) in [7, 11) is 1.64. The van der Waals surface area contributed by atoms with Gasteiger partial charge in [0.05, 0.1) is 12.5 Å². The number of phenols is 2. The van der Waals surface area contributed by atoms with Gasteiger partial charge < -0.3 is 30.7 Å². The van der Waals surface area contributed by atoms with Crippen molar-refractivity contribution in [1.29, 1.82) is 0 Å². The van der Waals surface area contributed by atoms with Crippen LogP contribution in [0.2, 0.25) is 0 Å². The minimum Gasteiger partial charge on any atom is -0.508 e. The summed E-state index contributed by atoms with van der Waals surface area (Å²) in [5.41, 5.74) is 2.17. The Hall–Kier alpha value is -2.61. The molecule has 0 aliphatic rings. The summed E-state index contributed by atoms with van der Waals surface area (Å²) in [5.74, 6) is -0.191. The van der Waals surface area contributed by atoms with Crippen LogP contribution in [0, 0.1) is 0 Å². The molecule has 0 aliphatic heterocycles. The molecule has 0 saturated heterocycles. The molecule has 7 heteroatoms. The fraction of sp³-hybridized carbons (Fsp3) is 0.458. The van der Waals surface area contributed by atoms with Crippen molar-refractivity contribution in [3.63, 3.8) is 0 Å². The molecule has 2 aromatic carbocycles. The van der Waals surface area contributed by atoms with E-state index in [2.05, 4.69) is 10.6 Å². The van der Waals surface area contributed by atoms with E-state index in [0.717, 1.165) is 17.5 Å². The van der Waals surface area contributed by atoms with E-state index in [0.29, 0.717) is 31.6 Å². The van der Waals surface area contributed by atoms with Gasteiger partial charge in [0.25, 0.3) is 0 Å². The average molecular weight is 431 g/mol. The molecule has 1 atom stereocenters. The third-order valence-corrected chi connectivity index (χ3v) is 4.93. The number of nitrogens with one attached hydrogen (secondary N) is 2. The maximum Gasteiger partial charge on any atom is 0.224 e. The number of rotatable bonds is 12. The summed E-state index contributed by atoms with van der Waals surface area (Å²) in [6.07, 6.45) is 0.948. The van der Waals surface area contributed by atoms with Crippen LogP contribution in [0.5, 0.6) is 11.5 Å². The Balaban J connectivity index is 1.89. The summed E-state index contributed by atoms with van der Waals surface area (Å²) in [6, 6.07) is 12.0. The molecule has 170 valence electrons. The van der Waals surface area contributed by atoms with Crippen molar-refractivity contribution >= 4 is 5.91 Å². The Morgan fingerprint density at radius 1 is 1.10 bits per heavy atom. The molecule has 0 radical (unpaired) electrons. The number of benzene rings is 2. The molecule has 0 heterocycles. The van der Waals surface area contributed by atoms with Gasteiger partial charge in [0.15, 0.2) is 0 Å². The van der Waals surface area contributed by atoms with E-state index < -0.39 is 6.10 Å². The van der Waals surface area contributed by atoms with Gasteiger partial charge >= 0.3 is 0 Å². The van der Waals surface area contributed by atoms with E-state index >= 15 is 0 Å². The topological polar surface area (TPSA) is 111 Å². The van der Waals surface area contributed by atoms with Crippen molar-refractivity contribution in [3.8, 4) is 11.5 Å². The van der Waals surface area contributed by atoms with Gasteiger partial charge in [0.1, 0.15) is 11.5 Å². The van der Waals surface area contributed by atoms with Crippen LogP contribution in [0.1, 0.15) is 43.1 Å². The zero-order valence-corrected chi connectivity index (χ0v) is 18.5. The van der Waals surface area contributed by atoms with Gasteiger partial charge in [-0.3, -0.25) is 4.79 Å². The third kappa shape index (κ3) is 8.96. The highest BCUT2D eigenvalue weighted by Crippen LogP contribution is 2.25. The molecule has 0 aromatic heterocycles. The standard InChI is InChI=1S/C24H34N2O5/c1-24(2,26-16-22(29)19-12-20(27)14-21(28)13-19)15-18-7-4-6-17(10-18)11-23(30)25-8-5-9-31-3/h4,6-7,10,12-14,22,26-29H,5,8-9,11,15-16H2,1-3H3,(H,25,30). The lowest BCUT2D eigenvalue weighted by molar-refractivity contribution is -0.120. The first-order chi connectivity index (χ1) is 14.7. The fourth-order valence-corrected chi connectivity index (χ4v) is 3.42. The molecule has 7 nitrogen and oxygen atoms in total. The zero-order valence-electron chi connectivity index (χ0n) is 18.5. The molecule has 0 spiro atoms. The minimum absolute atomic E-state index is 0.0110. The van der Waals surface area contributed by atoms with Gasteiger partial charge in [0.2, 0.25) is 5.91 Å². The third-order valence-electron chi connectivity index (χ3n) is 4.93. The second-order valence-electron chi connectivity index (χ2n) is 8.43. The minimum atomic E-state index is -0.870. The number of carbonyl (C=O) groups is 1. The number of aromatic hydroxyl groups is 2. The van der Waals surface area contributed by atoms with Gasteiger partial charge in [-0.1, -0.05) is 24.3 Å². The van der Waals surface area contributed by atoms with Crippen molar-refractivity contribution < 1.29 is 24.9 Å². The summed E-state index contributed by atoms with van der Waals surface area (Å²) in [5, 5.41) is 35.8. The number of β-amino-alcohol motifs (C(OH)–C–C–N with tert-alkyl or cyclic N) is 1. The molecule has 0 saturated carbocycles. The molecular weight excluding hydrogens is 396 g/mol. The van der Waals surface area contributed by atoms with Crippen LogP contribution in [-0.2, 0) is 22.4 Å². The van der Waals surface area contributed by atoms with E-state index in [1.165, 1.54) is 18.2 Å². The summed E-state index contributed by atoms with van der Waals surface area (Å²) >= 11 is 0. The molecule has 5 N–H and O–H groups in total. The number of ether oxygens (including phenoxy) is 1. The largest absolute Gasteiger partial charge is 0.508 e. The van der Waals surface area contributed by atoms with Gasteiger partial charge in [-0.15, -0.1) is 0 Å². The Bertz CT molecular complexity index is 833. The first kappa shape index (κ1) is 24.7. The molecular formula is C24H34N2O5. The van der Waals surface area contributed by atoms with Crippen LogP contribution >= 0.6 is 0 Å². The number of hydrogen-bond acceptors (Lipinski definition) is 6. The average Bonchev–Trinajstić information content (AvgIpc) is 2.68. The van der Waals surface area contributed by atoms with Gasteiger partial charge in [-0.2, -0.15) is 0 Å². The lowest BCUT2D eigenvalue weighted by Crippen LogP contribution is -2.43. The highest BCUT2D eigenvalue weighted by atomic mass is 16.5. The van der Waals surface area contributed by atoms with Crippen molar-refractivity contribution in [1.82, 2.24) is 10.6 Å². The van der Waals surface area contributed by atoms with Crippen LogP contribution in [0.25, 0.3) is 0 Å². The normalized spacial score (nSPS) is 12.5. The van der Waals surface area contributed by atoms with E-state index in [9.17, 15) is 20.1 Å². The molecule has 0 bridgehead atoms.